The molecule has 3 rings (SSSR count). The van der Waals surface area contributed by atoms with Crippen molar-refractivity contribution in [3.8, 4) is 0 Å². The van der Waals surface area contributed by atoms with Crippen molar-refractivity contribution in [2.75, 3.05) is 13.1 Å². The number of nitrogens with two attached hydrogens (primary N) is 1. The molecule has 0 radical (unpaired) electrons. The Morgan fingerprint density at radius 3 is 2.50 bits per heavy atom. The highest BCUT2D eigenvalue weighted by Crippen LogP contribution is 2.38. The summed E-state index contributed by atoms with van der Waals surface area (Å²) in [6, 6.07) is 0.353. The quantitative estimate of drug-likeness (QED) is 0.728. The third-order valence-corrected chi connectivity index (χ3v) is 4.93. The zero-order valence-electron chi connectivity index (χ0n) is 9.90. The molecule has 0 aromatic carbocycles. The summed E-state index contributed by atoms with van der Waals surface area (Å²) in [4.78, 5) is 14.4. The Balaban J connectivity index is 1.63. The van der Waals surface area contributed by atoms with E-state index in [4.69, 9.17) is 5.73 Å². The van der Waals surface area contributed by atoms with Crippen LogP contribution in [0.2, 0.25) is 0 Å². The predicted molar refractivity (Wildman–Crippen MR) is 62.7 cm³/mol. The van der Waals surface area contributed by atoms with Crippen LogP contribution in [0.5, 0.6) is 0 Å². The molecule has 1 aliphatic heterocycles. The highest BCUT2D eigenvalue weighted by atomic mass is 16.2. The van der Waals surface area contributed by atoms with Crippen LogP contribution in [0.4, 0.5) is 0 Å². The van der Waals surface area contributed by atoms with Crippen LogP contribution < -0.4 is 5.73 Å². The van der Waals surface area contributed by atoms with Gasteiger partial charge in [-0.25, -0.2) is 0 Å². The van der Waals surface area contributed by atoms with Gasteiger partial charge >= 0.3 is 0 Å². The van der Waals surface area contributed by atoms with E-state index in [-0.39, 0.29) is 0 Å². The van der Waals surface area contributed by atoms with Gasteiger partial charge in [-0.05, 0) is 37.5 Å². The molecule has 16 heavy (non-hydrogen) atoms. The lowest BCUT2D eigenvalue weighted by molar-refractivity contribution is -0.134. The number of rotatable bonds is 1. The number of amides is 1. The Hall–Kier alpha value is -0.570. The topological polar surface area (TPSA) is 46.3 Å². The van der Waals surface area contributed by atoms with Gasteiger partial charge in [-0.3, -0.25) is 4.79 Å². The molecule has 0 aromatic rings. The molecule has 1 heterocycles. The van der Waals surface area contributed by atoms with Crippen LogP contribution >= 0.6 is 0 Å². The second-order valence-electron chi connectivity index (χ2n) is 5.89. The number of hydrogen-bond donors (Lipinski definition) is 1. The van der Waals surface area contributed by atoms with Crippen LogP contribution in [0.25, 0.3) is 0 Å². The van der Waals surface area contributed by atoms with Crippen molar-refractivity contribution in [2.24, 2.45) is 23.5 Å². The normalized spacial score (nSPS) is 39.3. The molecule has 3 fully saturated rings. The first-order chi connectivity index (χ1) is 7.75. The SMILES string of the molecule is N[C@@H]1CC[C@H]2CN(C(=O)C3CCCC3)C[C@@H]21. The zero-order chi connectivity index (χ0) is 11.1. The van der Waals surface area contributed by atoms with Crippen LogP contribution in [0.1, 0.15) is 38.5 Å². The summed E-state index contributed by atoms with van der Waals surface area (Å²) in [7, 11) is 0. The first-order valence-electron chi connectivity index (χ1n) is 6.80. The van der Waals surface area contributed by atoms with Crippen LogP contribution in [-0.4, -0.2) is 29.9 Å². The zero-order valence-corrected chi connectivity index (χ0v) is 9.90. The highest BCUT2D eigenvalue weighted by Gasteiger charge is 2.43. The summed E-state index contributed by atoms with van der Waals surface area (Å²) in [6.45, 7) is 1.94. The average Bonchev–Trinajstić information content (AvgIpc) is 2.96. The summed E-state index contributed by atoms with van der Waals surface area (Å²) in [6.07, 6.45) is 7.14. The molecule has 3 heteroatoms. The van der Waals surface area contributed by atoms with Crippen molar-refractivity contribution in [3.63, 3.8) is 0 Å². The smallest absolute Gasteiger partial charge is 0.225 e. The number of carbonyl (C=O) groups is 1. The van der Waals surface area contributed by atoms with Gasteiger partial charge in [0.1, 0.15) is 0 Å². The van der Waals surface area contributed by atoms with Crippen LogP contribution in [0.3, 0.4) is 0 Å². The lowest BCUT2D eigenvalue weighted by Gasteiger charge is -2.22. The van der Waals surface area contributed by atoms with Crippen LogP contribution in [-0.2, 0) is 4.79 Å². The maximum atomic E-state index is 12.3. The number of nitrogens with zero attached hydrogens (tertiary/aromatic N) is 1. The summed E-state index contributed by atoms with van der Waals surface area (Å²) in [5, 5.41) is 0. The van der Waals surface area contributed by atoms with Crippen molar-refractivity contribution in [2.45, 2.75) is 44.6 Å². The first kappa shape index (κ1) is 10.6. The second-order valence-corrected chi connectivity index (χ2v) is 5.89. The largest absolute Gasteiger partial charge is 0.342 e. The van der Waals surface area contributed by atoms with Gasteiger partial charge < -0.3 is 10.6 Å². The van der Waals surface area contributed by atoms with Gasteiger partial charge in [0.05, 0.1) is 0 Å². The van der Waals surface area contributed by atoms with Gasteiger partial charge in [-0.2, -0.15) is 0 Å². The average molecular weight is 222 g/mol. The third kappa shape index (κ3) is 1.65. The van der Waals surface area contributed by atoms with Gasteiger partial charge in [0.2, 0.25) is 5.91 Å². The molecule has 1 amide bonds. The maximum Gasteiger partial charge on any atom is 0.225 e. The van der Waals surface area contributed by atoms with Gasteiger partial charge in [-0.15, -0.1) is 0 Å². The lowest BCUT2D eigenvalue weighted by atomic mass is 9.98. The molecule has 0 bridgehead atoms. The maximum absolute atomic E-state index is 12.3. The van der Waals surface area contributed by atoms with Crippen LogP contribution in [0.15, 0.2) is 0 Å². The molecule has 2 saturated carbocycles. The summed E-state index contributed by atoms with van der Waals surface area (Å²) in [5.41, 5.74) is 6.10. The van der Waals surface area contributed by atoms with E-state index in [1.165, 1.54) is 25.7 Å². The molecule has 3 aliphatic rings. The Labute approximate surface area is 97.4 Å². The molecule has 90 valence electrons. The monoisotopic (exact) mass is 222 g/mol. The predicted octanol–water partition coefficient (Wildman–Crippen LogP) is 1.37. The number of likely N-dealkylation sites (tertiary alicyclic amines) is 1. The highest BCUT2D eigenvalue weighted by molar-refractivity contribution is 5.79. The lowest BCUT2D eigenvalue weighted by Crippen LogP contribution is -2.36. The molecule has 0 aromatic heterocycles. The molecule has 3 atom stereocenters. The van der Waals surface area contributed by atoms with E-state index >= 15 is 0 Å². The fraction of sp³-hybridized carbons (Fsp3) is 0.923. The third-order valence-electron chi connectivity index (χ3n) is 4.93. The Bertz CT molecular complexity index is 286. The van der Waals surface area contributed by atoms with Crippen molar-refractivity contribution in [3.05, 3.63) is 0 Å². The van der Waals surface area contributed by atoms with E-state index in [9.17, 15) is 4.79 Å². The molecular weight excluding hydrogens is 200 g/mol. The van der Waals surface area contributed by atoms with Crippen molar-refractivity contribution < 1.29 is 4.79 Å². The molecule has 0 spiro atoms. The van der Waals surface area contributed by atoms with E-state index < -0.39 is 0 Å². The summed E-state index contributed by atoms with van der Waals surface area (Å²) < 4.78 is 0. The van der Waals surface area contributed by atoms with E-state index in [0.29, 0.717) is 29.7 Å². The number of fused-ring (bicyclic) bond motifs is 1. The minimum Gasteiger partial charge on any atom is -0.342 e. The molecule has 0 unspecified atom stereocenters. The minimum absolute atomic E-state index is 0.343. The van der Waals surface area contributed by atoms with Gasteiger partial charge in [-0.1, -0.05) is 12.8 Å². The fourth-order valence-electron chi connectivity index (χ4n) is 3.92. The van der Waals surface area contributed by atoms with Crippen molar-refractivity contribution >= 4 is 5.91 Å². The van der Waals surface area contributed by atoms with E-state index in [0.717, 1.165) is 25.9 Å². The fourth-order valence-corrected chi connectivity index (χ4v) is 3.92. The Morgan fingerprint density at radius 1 is 1.06 bits per heavy atom. The van der Waals surface area contributed by atoms with Crippen molar-refractivity contribution in [1.29, 1.82) is 0 Å². The Kier molecular flexibility index (Phi) is 2.66. The van der Waals surface area contributed by atoms with Gasteiger partial charge in [0.25, 0.3) is 0 Å². The molecule has 1 saturated heterocycles. The first-order valence-corrected chi connectivity index (χ1v) is 6.80. The number of carbonyl (C=O) groups excluding carboxylic acids is 1. The van der Waals surface area contributed by atoms with Crippen molar-refractivity contribution in [1.82, 2.24) is 4.90 Å². The minimum atomic E-state index is 0.343. The summed E-state index contributed by atoms with van der Waals surface area (Å²) in [5.74, 6) is 2.08. The van der Waals surface area contributed by atoms with Crippen LogP contribution in [0, 0.1) is 17.8 Å². The van der Waals surface area contributed by atoms with Gasteiger partial charge in [0, 0.05) is 25.0 Å². The van der Waals surface area contributed by atoms with E-state index in [1.807, 2.05) is 0 Å². The van der Waals surface area contributed by atoms with Gasteiger partial charge in [0.15, 0.2) is 0 Å². The van der Waals surface area contributed by atoms with E-state index in [2.05, 4.69) is 4.90 Å². The second kappa shape index (κ2) is 4.02. The standard InChI is InChI=1S/C13H22N2O/c14-12-6-5-10-7-15(8-11(10)12)13(16)9-3-1-2-4-9/h9-12H,1-8,14H2/t10-,11-,12+/m0/s1. The molecule has 2 N–H and O–H groups in total. The Morgan fingerprint density at radius 2 is 1.81 bits per heavy atom. The molecular formula is C13H22N2O. The van der Waals surface area contributed by atoms with E-state index in [1.54, 1.807) is 0 Å². The summed E-state index contributed by atoms with van der Waals surface area (Å²) >= 11 is 0. The molecule has 3 nitrogen and oxygen atoms in total. The molecule has 2 aliphatic carbocycles. The number of hydrogen-bond acceptors (Lipinski definition) is 2.